The van der Waals surface area contributed by atoms with E-state index in [0.717, 1.165) is 29.7 Å². The first-order chi connectivity index (χ1) is 12.7. The Hall–Kier alpha value is -2.91. The number of pyridine rings is 2. The second-order valence-electron chi connectivity index (χ2n) is 6.17. The first-order valence-electron chi connectivity index (χ1n) is 8.41. The molecule has 3 aromatic rings. The van der Waals surface area contributed by atoms with Gasteiger partial charge in [0.15, 0.2) is 0 Å². The number of rotatable bonds is 4. The second-order valence-corrected chi connectivity index (χ2v) is 6.17. The van der Waals surface area contributed by atoms with Gasteiger partial charge in [0, 0.05) is 37.8 Å². The summed E-state index contributed by atoms with van der Waals surface area (Å²) in [6.07, 6.45) is 3.51. The maximum atomic E-state index is 12.2. The van der Waals surface area contributed by atoms with E-state index >= 15 is 0 Å². The van der Waals surface area contributed by atoms with Crippen LogP contribution in [0.4, 0.5) is 5.82 Å². The Morgan fingerprint density at radius 3 is 2.88 bits per heavy atom. The summed E-state index contributed by atoms with van der Waals surface area (Å²) in [6.45, 7) is 3.19. The lowest BCUT2D eigenvalue weighted by molar-refractivity contribution is -0.118. The van der Waals surface area contributed by atoms with E-state index in [1.165, 1.54) is 0 Å². The number of amides is 1. The molecule has 1 aliphatic heterocycles. The Balaban J connectivity index is 1.51. The quantitative estimate of drug-likeness (QED) is 0.737. The van der Waals surface area contributed by atoms with Crippen molar-refractivity contribution < 1.29 is 9.53 Å². The normalized spacial score (nSPS) is 15.3. The van der Waals surface area contributed by atoms with Crippen molar-refractivity contribution in [3.8, 4) is 11.4 Å². The summed E-state index contributed by atoms with van der Waals surface area (Å²) in [5.41, 5.74) is 2.16. The van der Waals surface area contributed by atoms with Crippen LogP contribution >= 0.6 is 0 Å². The van der Waals surface area contributed by atoms with Crippen molar-refractivity contribution in [1.29, 1.82) is 0 Å². The van der Waals surface area contributed by atoms with Crippen molar-refractivity contribution in [3.05, 3.63) is 30.6 Å². The van der Waals surface area contributed by atoms with Gasteiger partial charge in [-0.25, -0.2) is 9.97 Å². The number of nitrogens with one attached hydrogen (secondary N) is 1. The van der Waals surface area contributed by atoms with Crippen LogP contribution in [0.3, 0.4) is 0 Å². The van der Waals surface area contributed by atoms with Gasteiger partial charge in [-0.1, -0.05) is 5.21 Å². The zero-order valence-corrected chi connectivity index (χ0v) is 14.4. The molecule has 9 nitrogen and oxygen atoms in total. The molecule has 0 spiro atoms. The summed E-state index contributed by atoms with van der Waals surface area (Å²) in [7, 11) is 1.81. The van der Waals surface area contributed by atoms with E-state index < -0.39 is 0 Å². The molecule has 134 valence electrons. The highest BCUT2D eigenvalue weighted by molar-refractivity contribution is 5.93. The Morgan fingerprint density at radius 1 is 1.27 bits per heavy atom. The SMILES string of the molecule is Cn1cc(-c2ccc3cnc(NC(=O)CN4CCOCC4)cc3n2)nn1. The number of aryl methyl sites for hydroxylation is 1. The van der Waals surface area contributed by atoms with E-state index in [2.05, 4.69) is 30.5 Å². The van der Waals surface area contributed by atoms with Crippen molar-refractivity contribution in [2.45, 2.75) is 0 Å². The molecule has 0 unspecified atom stereocenters. The van der Waals surface area contributed by atoms with Crippen molar-refractivity contribution in [2.75, 3.05) is 38.2 Å². The fourth-order valence-electron chi connectivity index (χ4n) is 2.84. The minimum Gasteiger partial charge on any atom is -0.379 e. The number of nitrogens with zero attached hydrogens (tertiary/aromatic N) is 6. The molecule has 1 fully saturated rings. The molecule has 0 aromatic carbocycles. The Kier molecular flexibility index (Phi) is 4.55. The largest absolute Gasteiger partial charge is 0.379 e. The monoisotopic (exact) mass is 353 g/mol. The highest BCUT2D eigenvalue weighted by atomic mass is 16.5. The van der Waals surface area contributed by atoms with E-state index in [9.17, 15) is 4.79 Å². The van der Waals surface area contributed by atoms with Gasteiger partial charge in [0.05, 0.1) is 37.2 Å². The van der Waals surface area contributed by atoms with Gasteiger partial charge in [0.2, 0.25) is 5.91 Å². The van der Waals surface area contributed by atoms with Crippen LogP contribution in [-0.4, -0.2) is 68.6 Å². The number of carbonyl (C=O) groups excluding carboxylic acids is 1. The molecule has 4 heterocycles. The molecule has 1 N–H and O–H groups in total. The summed E-state index contributed by atoms with van der Waals surface area (Å²) >= 11 is 0. The lowest BCUT2D eigenvalue weighted by Gasteiger charge is -2.25. The molecule has 4 rings (SSSR count). The molecule has 0 radical (unpaired) electrons. The minimum absolute atomic E-state index is 0.0937. The number of hydrogen-bond acceptors (Lipinski definition) is 7. The summed E-state index contributed by atoms with van der Waals surface area (Å²) < 4.78 is 6.92. The standard InChI is InChI=1S/C17H19N7O2/c1-23-10-15(21-22-23)13-3-2-12-9-18-16(8-14(12)19-13)20-17(25)11-24-4-6-26-7-5-24/h2-3,8-10H,4-7,11H2,1H3,(H,18,20,25). The van der Waals surface area contributed by atoms with E-state index in [-0.39, 0.29) is 5.91 Å². The van der Waals surface area contributed by atoms with E-state index in [1.807, 2.05) is 19.2 Å². The van der Waals surface area contributed by atoms with Crippen LogP contribution in [-0.2, 0) is 16.6 Å². The van der Waals surface area contributed by atoms with E-state index in [0.29, 0.717) is 31.3 Å². The maximum Gasteiger partial charge on any atom is 0.239 e. The third-order valence-corrected chi connectivity index (χ3v) is 4.18. The van der Waals surface area contributed by atoms with Crippen molar-refractivity contribution in [3.63, 3.8) is 0 Å². The molecule has 26 heavy (non-hydrogen) atoms. The molecule has 1 saturated heterocycles. The fraction of sp³-hybridized carbons (Fsp3) is 0.353. The highest BCUT2D eigenvalue weighted by Crippen LogP contribution is 2.20. The molecule has 0 aliphatic carbocycles. The van der Waals surface area contributed by atoms with E-state index in [1.54, 1.807) is 23.1 Å². The third kappa shape index (κ3) is 3.68. The van der Waals surface area contributed by atoms with Crippen LogP contribution in [0.1, 0.15) is 0 Å². The summed E-state index contributed by atoms with van der Waals surface area (Å²) in [5.74, 6) is 0.392. The molecule has 9 heteroatoms. The van der Waals surface area contributed by atoms with Crippen LogP contribution in [0.15, 0.2) is 30.6 Å². The minimum atomic E-state index is -0.0937. The zero-order valence-electron chi connectivity index (χ0n) is 14.4. The molecular weight excluding hydrogens is 334 g/mol. The first kappa shape index (κ1) is 16.6. The van der Waals surface area contributed by atoms with Crippen molar-refractivity contribution >= 4 is 22.6 Å². The van der Waals surface area contributed by atoms with Gasteiger partial charge < -0.3 is 10.1 Å². The van der Waals surface area contributed by atoms with Gasteiger partial charge >= 0.3 is 0 Å². The Bertz CT molecular complexity index is 934. The maximum absolute atomic E-state index is 12.2. The van der Waals surface area contributed by atoms with Crippen LogP contribution < -0.4 is 5.32 Å². The number of fused-ring (bicyclic) bond motifs is 1. The second kappa shape index (κ2) is 7.14. The molecule has 0 saturated carbocycles. The summed E-state index contributed by atoms with van der Waals surface area (Å²) in [6, 6.07) is 5.58. The van der Waals surface area contributed by atoms with Gasteiger partial charge in [-0.05, 0) is 12.1 Å². The topological polar surface area (TPSA) is 98.1 Å². The lowest BCUT2D eigenvalue weighted by Crippen LogP contribution is -2.41. The number of anilines is 1. The molecule has 0 bridgehead atoms. The first-order valence-corrected chi connectivity index (χ1v) is 8.41. The number of aromatic nitrogens is 5. The highest BCUT2D eigenvalue weighted by Gasteiger charge is 2.15. The number of ether oxygens (including phenoxy) is 1. The molecule has 3 aromatic heterocycles. The van der Waals surface area contributed by atoms with Gasteiger partial charge in [-0.3, -0.25) is 14.4 Å². The van der Waals surface area contributed by atoms with Crippen molar-refractivity contribution in [2.24, 2.45) is 7.05 Å². The van der Waals surface area contributed by atoms with Gasteiger partial charge in [-0.15, -0.1) is 5.10 Å². The average Bonchev–Trinajstić information content (AvgIpc) is 3.08. The number of carbonyl (C=O) groups is 1. The van der Waals surface area contributed by atoms with Crippen molar-refractivity contribution in [1.82, 2.24) is 29.9 Å². The predicted octanol–water partition coefficient (Wildman–Crippen LogP) is 0.696. The lowest BCUT2D eigenvalue weighted by atomic mass is 10.2. The molecular formula is C17H19N7O2. The Labute approximate surface area is 150 Å². The van der Waals surface area contributed by atoms with Crippen LogP contribution in [0.25, 0.3) is 22.3 Å². The smallest absolute Gasteiger partial charge is 0.239 e. The van der Waals surface area contributed by atoms with Gasteiger partial charge in [0.1, 0.15) is 11.5 Å². The summed E-state index contributed by atoms with van der Waals surface area (Å²) in [4.78, 5) is 23.2. The van der Waals surface area contributed by atoms with Crippen LogP contribution in [0.2, 0.25) is 0 Å². The predicted molar refractivity (Wildman–Crippen MR) is 95.4 cm³/mol. The van der Waals surface area contributed by atoms with Gasteiger partial charge in [0.25, 0.3) is 0 Å². The fourth-order valence-corrected chi connectivity index (χ4v) is 2.84. The van der Waals surface area contributed by atoms with Gasteiger partial charge in [-0.2, -0.15) is 0 Å². The van der Waals surface area contributed by atoms with E-state index in [4.69, 9.17) is 4.74 Å². The van der Waals surface area contributed by atoms with Crippen LogP contribution in [0.5, 0.6) is 0 Å². The third-order valence-electron chi connectivity index (χ3n) is 4.18. The summed E-state index contributed by atoms with van der Waals surface area (Å²) in [5, 5.41) is 11.7. The number of morpholine rings is 1. The average molecular weight is 353 g/mol. The molecule has 0 atom stereocenters. The molecule has 1 amide bonds. The van der Waals surface area contributed by atoms with Crippen LogP contribution in [0, 0.1) is 0 Å². The molecule has 1 aliphatic rings. The number of hydrogen-bond donors (Lipinski definition) is 1. The Morgan fingerprint density at radius 2 is 2.12 bits per heavy atom. The zero-order chi connectivity index (χ0) is 17.9.